The number of hydrogen-bond donors (Lipinski definition) is 0. The third kappa shape index (κ3) is 3.69. The fourth-order valence-corrected chi connectivity index (χ4v) is 5.31. The first-order valence-electron chi connectivity index (χ1n) is 9.33. The van der Waals surface area contributed by atoms with E-state index in [0.717, 1.165) is 42.9 Å². The second-order valence-electron chi connectivity index (χ2n) is 6.97. The van der Waals surface area contributed by atoms with Gasteiger partial charge < -0.3 is 9.64 Å². The molecule has 144 valence electrons. The molecule has 1 aromatic carbocycles. The summed E-state index contributed by atoms with van der Waals surface area (Å²) < 4.78 is 32.9. The Morgan fingerprint density at radius 3 is 2.37 bits per heavy atom. The summed E-state index contributed by atoms with van der Waals surface area (Å²) in [6.07, 6.45) is 1.85. The predicted molar refractivity (Wildman–Crippen MR) is 103 cm³/mol. The molecule has 8 heteroatoms. The van der Waals surface area contributed by atoms with Gasteiger partial charge in [0, 0.05) is 31.7 Å². The molecule has 2 aromatic rings. The second kappa shape index (κ2) is 7.53. The number of ether oxygens (including phenoxy) is 1. The molecule has 0 bridgehead atoms. The van der Waals surface area contributed by atoms with Gasteiger partial charge in [0.05, 0.1) is 23.8 Å². The molecule has 2 aliphatic rings. The molecule has 0 aliphatic carbocycles. The van der Waals surface area contributed by atoms with Gasteiger partial charge in [-0.05, 0) is 43.5 Å². The van der Waals surface area contributed by atoms with Crippen molar-refractivity contribution in [1.82, 2.24) is 14.5 Å². The van der Waals surface area contributed by atoms with Crippen LogP contribution in [0, 0.1) is 6.92 Å². The lowest BCUT2D eigenvalue weighted by molar-refractivity contribution is 0.122. The Morgan fingerprint density at radius 2 is 1.70 bits per heavy atom. The number of hydrogen-bond acceptors (Lipinski definition) is 6. The van der Waals surface area contributed by atoms with Crippen molar-refractivity contribution in [3.63, 3.8) is 0 Å². The minimum absolute atomic E-state index is 0.362. The Kier molecular flexibility index (Phi) is 5.12. The molecular formula is C19H24N4O3S. The van der Waals surface area contributed by atoms with Gasteiger partial charge >= 0.3 is 0 Å². The second-order valence-corrected chi connectivity index (χ2v) is 8.87. The van der Waals surface area contributed by atoms with E-state index in [1.165, 1.54) is 0 Å². The Bertz CT molecular complexity index is 903. The average molecular weight is 388 g/mol. The van der Waals surface area contributed by atoms with Crippen LogP contribution >= 0.6 is 0 Å². The van der Waals surface area contributed by atoms with Crippen molar-refractivity contribution in [3.8, 4) is 11.3 Å². The highest BCUT2D eigenvalue weighted by molar-refractivity contribution is 7.89. The molecule has 2 aliphatic heterocycles. The summed E-state index contributed by atoms with van der Waals surface area (Å²) in [5.41, 5.74) is 2.19. The van der Waals surface area contributed by atoms with E-state index in [4.69, 9.17) is 4.74 Å². The van der Waals surface area contributed by atoms with E-state index in [9.17, 15) is 8.42 Å². The number of aryl methyl sites for hydroxylation is 1. The van der Waals surface area contributed by atoms with E-state index in [-0.39, 0.29) is 0 Å². The first-order valence-corrected chi connectivity index (χ1v) is 10.8. The third-order valence-corrected chi connectivity index (χ3v) is 7.19. The monoisotopic (exact) mass is 388 g/mol. The van der Waals surface area contributed by atoms with Crippen LogP contribution in [0.2, 0.25) is 0 Å². The number of morpholine rings is 1. The maximum absolute atomic E-state index is 13.0. The van der Waals surface area contributed by atoms with Gasteiger partial charge in [-0.2, -0.15) is 4.31 Å². The molecule has 2 saturated heterocycles. The lowest BCUT2D eigenvalue weighted by atomic mass is 10.1. The van der Waals surface area contributed by atoms with E-state index in [1.807, 2.05) is 31.2 Å². The van der Waals surface area contributed by atoms with Crippen molar-refractivity contribution >= 4 is 15.8 Å². The molecule has 2 fully saturated rings. The van der Waals surface area contributed by atoms with Gasteiger partial charge in [0.2, 0.25) is 10.0 Å². The maximum Gasteiger partial charge on any atom is 0.243 e. The summed E-state index contributed by atoms with van der Waals surface area (Å²) in [4.78, 5) is 2.50. The number of anilines is 1. The van der Waals surface area contributed by atoms with Gasteiger partial charge in [-0.3, -0.25) is 0 Å². The van der Waals surface area contributed by atoms with Crippen LogP contribution in [0.25, 0.3) is 11.3 Å². The standard InChI is InChI=1S/C19H24N4O3S/c1-15-4-5-16(14-18(15)27(24,25)23-8-2-3-9-23)17-6-7-19(21-20-17)22-10-12-26-13-11-22/h4-7,14H,2-3,8-13H2,1H3. The van der Waals surface area contributed by atoms with Crippen molar-refractivity contribution in [2.24, 2.45) is 0 Å². The van der Waals surface area contributed by atoms with E-state index >= 15 is 0 Å². The van der Waals surface area contributed by atoms with E-state index in [1.54, 1.807) is 10.4 Å². The molecule has 27 heavy (non-hydrogen) atoms. The van der Waals surface area contributed by atoms with Crippen molar-refractivity contribution in [3.05, 3.63) is 35.9 Å². The zero-order chi connectivity index (χ0) is 18.9. The van der Waals surface area contributed by atoms with Crippen LogP contribution in [0.3, 0.4) is 0 Å². The van der Waals surface area contributed by atoms with Crippen LogP contribution in [0.5, 0.6) is 0 Å². The highest BCUT2D eigenvalue weighted by Gasteiger charge is 2.28. The summed E-state index contributed by atoms with van der Waals surface area (Å²) in [5.74, 6) is 0.819. The van der Waals surface area contributed by atoms with Gasteiger partial charge in [0.15, 0.2) is 5.82 Å². The highest BCUT2D eigenvalue weighted by atomic mass is 32.2. The van der Waals surface area contributed by atoms with Crippen LogP contribution in [0.1, 0.15) is 18.4 Å². The van der Waals surface area contributed by atoms with Crippen molar-refractivity contribution in [2.75, 3.05) is 44.3 Å². The zero-order valence-corrected chi connectivity index (χ0v) is 16.3. The number of rotatable bonds is 4. The summed E-state index contributed by atoms with van der Waals surface area (Å²) in [5, 5.41) is 8.66. The molecule has 3 heterocycles. The van der Waals surface area contributed by atoms with Crippen LogP contribution in [0.15, 0.2) is 35.2 Å². The van der Waals surface area contributed by atoms with Crippen LogP contribution in [-0.2, 0) is 14.8 Å². The minimum Gasteiger partial charge on any atom is -0.378 e. The lowest BCUT2D eigenvalue weighted by Crippen LogP contribution is -2.36. The largest absolute Gasteiger partial charge is 0.378 e. The lowest BCUT2D eigenvalue weighted by Gasteiger charge is -2.27. The Labute approximate surface area is 160 Å². The molecule has 0 saturated carbocycles. The van der Waals surface area contributed by atoms with Crippen LogP contribution < -0.4 is 4.90 Å². The van der Waals surface area contributed by atoms with Gasteiger partial charge in [0.1, 0.15) is 0 Å². The molecule has 0 atom stereocenters. The van der Waals surface area contributed by atoms with Gasteiger partial charge in [-0.25, -0.2) is 8.42 Å². The number of aromatic nitrogens is 2. The molecule has 0 spiro atoms. The van der Waals surface area contributed by atoms with E-state index in [2.05, 4.69) is 15.1 Å². The molecule has 0 radical (unpaired) electrons. The van der Waals surface area contributed by atoms with E-state index in [0.29, 0.717) is 36.9 Å². The fraction of sp³-hybridized carbons (Fsp3) is 0.474. The number of sulfonamides is 1. The van der Waals surface area contributed by atoms with Gasteiger partial charge in [-0.15, -0.1) is 10.2 Å². The van der Waals surface area contributed by atoms with E-state index < -0.39 is 10.0 Å². The quantitative estimate of drug-likeness (QED) is 0.798. The summed E-state index contributed by atoms with van der Waals surface area (Å²) in [6.45, 7) is 6.02. The number of nitrogens with zero attached hydrogens (tertiary/aromatic N) is 4. The average Bonchev–Trinajstić information content (AvgIpc) is 3.25. The molecule has 7 nitrogen and oxygen atoms in total. The zero-order valence-electron chi connectivity index (χ0n) is 15.5. The molecule has 0 amide bonds. The summed E-state index contributed by atoms with van der Waals surface area (Å²) in [7, 11) is -3.46. The topological polar surface area (TPSA) is 75.6 Å². The smallest absolute Gasteiger partial charge is 0.243 e. The predicted octanol–water partition coefficient (Wildman–Crippen LogP) is 2.07. The fourth-order valence-electron chi connectivity index (χ4n) is 3.55. The van der Waals surface area contributed by atoms with Crippen molar-refractivity contribution < 1.29 is 13.2 Å². The Balaban J connectivity index is 1.62. The Hall–Kier alpha value is -2.03. The molecule has 0 N–H and O–H groups in total. The number of benzene rings is 1. The van der Waals surface area contributed by atoms with Crippen LogP contribution in [-0.4, -0.2) is 62.3 Å². The first-order chi connectivity index (χ1) is 13.1. The molecular weight excluding hydrogens is 364 g/mol. The van der Waals surface area contributed by atoms with Crippen LogP contribution in [0.4, 0.5) is 5.82 Å². The maximum atomic E-state index is 13.0. The normalized spacial score (nSPS) is 18.8. The summed E-state index contributed by atoms with van der Waals surface area (Å²) in [6, 6.07) is 9.30. The summed E-state index contributed by atoms with van der Waals surface area (Å²) >= 11 is 0. The van der Waals surface area contributed by atoms with Gasteiger partial charge in [-0.1, -0.05) is 12.1 Å². The molecule has 4 rings (SSSR count). The van der Waals surface area contributed by atoms with Crippen molar-refractivity contribution in [2.45, 2.75) is 24.7 Å². The third-order valence-electron chi connectivity index (χ3n) is 5.15. The molecule has 1 aromatic heterocycles. The molecule has 0 unspecified atom stereocenters. The van der Waals surface area contributed by atoms with Gasteiger partial charge in [0.25, 0.3) is 0 Å². The minimum atomic E-state index is -3.46. The van der Waals surface area contributed by atoms with Crippen molar-refractivity contribution in [1.29, 1.82) is 0 Å². The SMILES string of the molecule is Cc1ccc(-c2ccc(N3CCOCC3)nn2)cc1S(=O)(=O)N1CCCC1. The highest BCUT2D eigenvalue weighted by Crippen LogP contribution is 2.28. The Morgan fingerprint density at radius 1 is 0.963 bits per heavy atom. The first kappa shape index (κ1) is 18.3.